The van der Waals surface area contributed by atoms with Crippen molar-refractivity contribution in [1.29, 1.82) is 0 Å². The van der Waals surface area contributed by atoms with Crippen molar-refractivity contribution in [2.75, 3.05) is 6.54 Å². The molecular formula is C26H31N5O3. The summed E-state index contributed by atoms with van der Waals surface area (Å²) in [7, 11) is 0. The topological polar surface area (TPSA) is 97.5 Å². The maximum absolute atomic E-state index is 13.1. The molecule has 2 aliphatic rings. The Morgan fingerprint density at radius 2 is 1.68 bits per heavy atom. The highest BCUT2D eigenvalue weighted by Gasteiger charge is 2.27. The van der Waals surface area contributed by atoms with Crippen LogP contribution in [0.4, 0.5) is 0 Å². The molecule has 0 atom stereocenters. The lowest BCUT2D eigenvalue weighted by molar-refractivity contribution is 0.0941. The summed E-state index contributed by atoms with van der Waals surface area (Å²) in [6, 6.07) is 6.06. The predicted octanol–water partition coefficient (Wildman–Crippen LogP) is 3.38. The summed E-state index contributed by atoms with van der Waals surface area (Å²) in [5.41, 5.74) is 2.06. The van der Waals surface area contributed by atoms with Crippen LogP contribution in [0.1, 0.15) is 83.1 Å². The van der Waals surface area contributed by atoms with E-state index in [0.29, 0.717) is 18.2 Å². The van der Waals surface area contributed by atoms with Crippen molar-refractivity contribution >= 4 is 17.5 Å². The molecule has 0 aliphatic heterocycles. The zero-order valence-electron chi connectivity index (χ0n) is 19.5. The van der Waals surface area contributed by atoms with Gasteiger partial charge in [0.15, 0.2) is 0 Å². The van der Waals surface area contributed by atoms with Crippen LogP contribution < -0.4 is 16.1 Å². The van der Waals surface area contributed by atoms with E-state index in [0.717, 1.165) is 37.0 Å². The molecular weight excluding hydrogens is 430 g/mol. The van der Waals surface area contributed by atoms with E-state index in [2.05, 4.69) is 15.6 Å². The highest BCUT2D eigenvalue weighted by molar-refractivity contribution is 5.99. The molecule has 0 spiro atoms. The minimum Gasteiger partial charge on any atom is -0.352 e. The van der Waals surface area contributed by atoms with Gasteiger partial charge in [-0.25, -0.2) is 4.98 Å². The Morgan fingerprint density at radius 3 is 2.35 bits per heavy atom. The Morgan fingerprint density at radius 1 is 0.971 bits per heavy atom. The monoisotopic (exact) mass is 461 g/mol. The molecule has 0 aromatic carbocycles. The lowest BCUT2D eigenvalue weighted by Crippen LogP contribution is -2.37. The van der Waals surface area contributed by atoms with Gasteiger partial charge < -0.3 is 19.6 Å². The summed E-state index contributed by atoms with van der Waals surface area (Å²) < 4.78 is 3.80. The predicted molar refractivity (Wildman–Crippen MR) is 129 cm³/mol. The molecule has 178 valence electrons. The van der Waals surface area contributed by atoms with Crippen molar-refractivity contribution in [2.45, 2.75) is 64.5 Å². The van der Waals surface area contributed by atoms with Gasteiger partial charge in [0, 0.05) is 36.9 Å². The minimum atomic E-state index is -0.526. The van der Waals surface area contributed by atoms with E-state index in [9.17, 15) is 14.4 Å². The third-order valence-corrected chi connectivity index (χ3v) is 6.96. The van der Waals surface area contributed by atoms with Crippen molar-refractivity contribution < 1.29 is 9.59 Å². The van der Waals surface area contributed by atoms with Gasteiger partial charge in [0.1, 0.15) is 16.8 Å². The zero-order valence-corrected chi connectivity index (χ0v) is 19.5. The first-order valence-electron chi connectivity index (χ1n) is 12.3. The van der Waals surface area contributed by atoms with Gasteiger partial charge in [-0.05, 0) is 50.7 Å². The van der Waals surface area contributed by atoms with Gasteiger partial charge in [-0.1, -0.05) is 25.3 Å². The molecule has 8 heteroatoms. The molecule has 3 aromatic rings. The van der Waals surface area contributed by atoms with Crippen molar-refractivity contribution in [3.63, 3.8) is 0 Å². The summed E-state index contributed by atoms with van der Waals surface area (Å²) in [4.78, 5) is 43.6. The van der Waals surface area contributed by atoms with E-state index in [-0.39, 0.29) is 23.7 Å². The third kappa shape index (κ3) is 4.76. The molecule has 3 aromatic heterocycles. The minimum absolute atomic E-state index is 0.00263. The smallest absolute Gasteiger partial charge is 0.257 e. The molecule has 2 N–H and O–H groups in total. The van der Waals surface area contributed by atoms with Gasteiger partial charge in [0.25, 0.3) is 11.8 Å². The maximum Gasteiger partial charge on any atom is 0.257 e. The molecule has 2 saturated carbocycles. The van der Waals surface area contributed by atoms with Gasteiger partial charge in [0.05, 0.1) is 12.2 Å². The summed E-state index contributed by atoms with van der Waals surface area (Å²) >= 11 is 0. The van der Waals surface area contributed by atoms with Gasteiger partial charge in [-0.2, -0.15) is 0 Å². The molecule has 0 bridgehead atoms. The van der Waals surface area contributed by atoms with E-state index in [4.69, 9.17) is 0 Å². The zero-order chi connectivity index (χ0) is 23.7. The second-order valence-electron chi connectivity index (χ2n) is 9.62. The normalized spacial score (nSPS) is 16.5. The number of nitrogens with zero attached hydrogens (tertiary/aromatic N) is 3. The molecule has 2 aliphatic carbocycles. The first-order valence-corrected chi connectivity index (χ1v) is 12.3. The molecule has 34 heavy (non-hydrogen) atoms. The molecule has 5 rings (SSSR count). The fourth-order valence-corrected chi connectivity index (χ4v) is 4.78. The Balaban J connectivity index is 1.33. The number of aromatic nitrogens is 3. The summed E-state index contributed by atoms with van der Waals surface area (Å²) in [5, 5.41) is 5.76. The number of aryl methyl sites for hydroxylation is 1. The number of amides is 2. The molecule has 8 nitrogen and oxygen atoms in total. The lowest BCUT2D eigenvalue weighted by atomic mass is 9.89. The molecule has 3 heterocycles. The van der Waals surface area contributed by atoms with Gasteiger partial charge in [-0.15, -0.1) is 0 Å². The van der Waals surface area contributed by atoms with Gasteiger partial charge in [-0.3, -0.25) is 14.4 Å². The number of carbonyl (C=O) groups excluding carboxylic acids is 2. The van der Waals surface area contributed by atoms with E-state index in [1.54, 1.807) is 12.4 Å². The number of pyridine rings is 2. The van der Waals surface area contributed by atoms with Crippen molar-refractivity contribution in [3.8, 4) is 0 Å². The number of carbonyl (C=O) groups is 2. The average Bonchev–Trinajstić information content (AvgIpc) is 3.61. The summed E-state index contributed by atoms with van der Waals surface area (Å²) in [6.07, 6.45) is 12.9. The van der Waals surface area contributed by atoms with Crippen LogP contribution in [0.2, 0.25) is 0 Å². The van der Waals surface area contributed by atoms with Crippen LogP contribution in [0, 0.1) is 12.8 Å². The van der Waals surface area contributed by atoms with Gasteiger partial charge >= 0.3 is 0 Å². The summed E-state index contributed by atoms with van der Waals surface area (Å²) in [5.74, 6) is -0.422. The first kappa shape index (κ1) is 22.4. The number of nitrogens with one attached hydrogen (secondary N) is 2. The fourth-order valence-electron chi connectivity index (χ4n) is 4.78. The largest absolute Gasteiger partial charge is 0.352 e. The van der Waals surface area contributed by atoms with Crippen LogP contribution in [0.25, 0.3) is 5.65 Å². The standard InChI is InChI=1S/C26H31N5O3/c1-17-6-5-9-23-29-19(14-31(17)23)13-28-26(34)22-16-30(20-10-11-20)15-21(24(22)32)25(33)27-12-18-7-3-2-4-8-18/h5-6,9,14-16,18,20H,2-4,7-8,10-13H2,1H3,(H,27,33)(H,28,34). The average molecular weight is 462 g/mol. The maximum atomic E-state index is 13.1. The number of rotatable bonds is 7. The quantitative estimate of drug-likeness (QED) is 0.564. The van der Waals surface area contributed by atoms with Crippen molar-refractivity contribution in [1.82, 2.24) is 24.6 Å². The Kier molecular flexibility index (Phi) is 6.22. The third-order valence-electron chi connectivity index (χ3n) is 6.96. The van der Waals surface area contributed by atoms with Crippen molar-refractivity contribution in [3.05, 3.63) is 69.5 Å². The van der Waals surface area contributed by atoms with Crippen LogP contribution in [0.15, 0.2) is 41.6 Å². The fraction of sp³-hybridized carbons (Fsp3) is 0.462. The Bertz CT molecular complexity index is 1280. The van der Waals surface area contributed by atoms with Crippen LogP contribution in [0.5, 0.6) is 0 Å². The van der Waals surface area contributed by atoms with Crippen LogP contribution in [0.3, 0.4) is 0 Å². The van der Waals surface area contributed by atoms with Crippen LogP contribution in [-0.2, 0) is 6.54 Å². The number of imidazole rings is 1. The number of hydrogen-bond donors (Lipinski definition) is 2. The molecule has 0 radical (unpaired) electrons. The second-order valence-corrected chi connectivity index (χ2v) is 9.62. The van der Waals surface area contributed by atoms with Crippen LogP contribution in [-0.4, -0.2) is 32.3 Å². The van der Waals surface area contributed by atoms with E-state index >= 15 is 0 Å². The summed E-state index contributed by atoms with van der Waals surface area (Å²) in [6.45, 7) is 2.76. The van der Waals surface area contributed by atoms with E-state index in [1.165, 1.54) is 19.3 Å². The number of hydrogen-bond acceptors (Lipinski definition) is 4. The first-order chi connectivity index (χ1) is 16.5. The van der Waals surface area contributed by atoms with Gasteiger partial charge in [0.2, 0.25) is 5.43 Å². The Hall–Kier alpha value is -3.42. The number of fused-ring (bicyclic) bond motifs is 1. The highest BCUT2D eigenvalue weighted by atomic mass is 16.2. The second kappa shape index (κ2) is 9.44. The molecule has 0 saturated heterocycles. The van der Waals surface area contributed by atoms with E-state index < -0.39 is 17.2 Å². The molecule has 2 fully saturated rings. The van der Waals surface area contributed by atoms with Crippen LogP contribution >= 0.6 is 0 Å². The highest BCUT2D eigenvalue weighted by Crippen LogP contribution is 2.34. The molecule has 0 unspecified atom stereocenters. The molecule has 2 amide bonds. The Labute approximate surface area is 198 Å². The van der Waals surface area contributed by atoms with Crippen molar-refractivity contribution in [2.24, 2.45) is 5.92 Å². The SMILES string of the molecule is Cc1cccc2nc(CNC(=O)c3cn(C4CC4)cc(C(=O)NCC4CCCCC4)c3=O)cn12. The van der Waals surface area contributed by atoms with E-state index in [1.807, 2.05) is 40.3 Å². The lowest BCUT2D eigenvalue weighted by Gasteiger charge is -2.21.